The number of fused-ring (bicyclic) bond motifs is 1. The van der Waals surface area contributed by atoms with E-state index in [-0.39, 0.29) is 24.7 Å². The number of carboxylic acid groups (broad SMARTS) is 1. The number of rotatable bonds is 7. The fourth-order valence-electron chi connectivity index (χ4n) is 2.72. The van der Waals surface area contributed by atoms with E-state index in [9.17, 15) is 14.4 Å². The maximum atomic E-state index is 12.3. The van der Waals surface area contributed by atoms with Gasteiger partial charge in [0.1, 0.15) is 19.8 Å². The van der Waals surface area contributed by atoms with Crippen molar-refractivity contribution < 1.29 is 29.0 Å². The molecule has 0 spiro atoms. The minimum atomic E-state index is -1.09. The van der Waals surface area contributed by atoms with Gasteiger partial charge in [0, 0.05) is 5.69 Å². The minimum absolute atomic E-state index is 0.0682. The van der Waals surface area contributed by atoms with Gasteiger partial charge in [-0.25, -0.2) is 0 Å². The van der Waals surface area contributed by atoms with Gasteiger partial charge in [0.15, 0.2) is 11.5 Å². The number of carbonyl (C=O) groups is 3. The Balaban J connectivity index is 1.51. The Kier molecular flexibility index (Phi) is 6.11. The second-order valence-electron chi connectivity index (χ2n) is 6.25. The predicted octanol–water partition coefficient (Wildman–Crippen LogP) is 1.38. The van der Waals surface area contributed by atoms with Gasteiger partial charge in [-0.2, -0.15) is 0 Å². The highest BCUT2D eigenvalue weighted by atomic mass is 16.6. The van der Waals surface area contributed by atoms with E-state index in [0.29, 0.717) is 36.0 Å². The Labute approximate surface area is 161 Å². The lowest BCUT2D eigenvalue weighted by Crippen LogP contribution is -2.30. The van der Waals surface area contributed by atoms with Gasteiger partial charge in [0.25, 0.3) is 0 Å². The van der Waals surface area contributed by atoms with Crippen LogP contribution in [0.1, 0.15) is 11.1 Å². The Morgan fingerprint density at radius 3 is 2.21 bits per heavy atom. The van der Waals surface area contributed by atoms with Crippen LogP contribution in [0.15, 0.2) is 42.5 Å². The molecular formula is C20H20N2O6. The fraction of sp³-hybridized carbons (Fsp3) is 0.250. The normalized spacial score (nSPS) is 12.1. The first-order valence-electron chi connectivity index (χ1n) is 8.75. The predicted molar refractivity (Wildman–Crippen MR) is 101 cm³/mol. The van der Waals surface area contributed by atoms with Crippen LogP contribution in [-0.4, -0.2) is 42.6 Å². The first kappa shape index (κ1) is 19.2. The van der Waals surface area contributed by atoms with Crippen molar-refractivity contribution in [1.29, 1.82) is 0 Å². The number of hydrogen-bond acceptors (Lipinski definition) is 5. The van der Waals surface area contributed by atoms with Crippen molar-refractivity contribution in [3.05, 3.63) is 53.6 Å². The summed E-state index contributed by atoms with van der Waals surface area (Å²) in [4.78, 5) is 34.3. The number of carbonyl (C=O) groups excluding carboxylic acids is 2. The molecule has 1 aliphatic heterocycles. The lowest BCUT2D eigenvalue weighted by atomic mass is 10.1. The molecule has 2 amide bonds. The second-order valence-corrected chi connectivity index (χ2v) is 6.25. The van der Waals surface area contributed by atoms with Gasteiger partial charge in [-0.15, -0.1) is 0 Å². The van der Waals surface area contributed by atoms with Crippen LogP contribution in [0.3, 0.4) is 0 Å². The number of carboxylic acids is 1. The summed E-state index contributed by atoms with van der Waals surface area (Å²) in [5.74, 6) is -0.327. The molecule has 3 rings (SSSR count). The van der Waals surface area contributed by atoms with Gasteiger partial charge in [0.2, 0.25) is 11.8 Å². The van der Waals surface area contributed by atoms with Gasteiger partial charge in [-0.3, -0.25) is 14.4 Å². The Hall–Kier alpha value is -3.55. The quantitative estimate of drug-likeness (QED) is 0.665. The van der Waals surface area contributed by atoms with Gasteiger partial charge in [0.05, 0.1) is 12.8 Å². The van der Waals surface area contributed by atoms with Crippen molar-refractivity contribution in [2.75, 3.05) is 25.1 Å². The number of amides is 2. The number of nitrogens with one attached hydrogen (secondary N) is 2. The van der Waals surface area contributed by atoms with E-state index in [1.165, 1.54) is 0 Å². The Morgan fingerprint density at radius 1 is 0.857 bits per heavy atom. The largest absolute Gasteiger partial charge is 0.486 e. The molecule has 2 aromatic carbocycles. The van der Waals surface area contributed by atoms with Crippen LogP contribution in [0.25, 0.3) is 0 Å². The molecule has 8 nitrogen and oxygen atoms in total. The second kappa shape index (κ2) is 8.90. The van der Waals surface area contributed by atoms with Gasteiger partial charge in [-0.05, 0) is 35.4 Å². The minimum Gasteiger partial charge on any atom is -0.486 e. The highest BCUT2D eigenvalue weighted by molar-refractivity contribution is 5.92. The summed E-state index contributed by atoms with van der Waals surface area (Å²) in [6.45, 7) is 0.597. The van der Waals surface area contributed by atoms with Crippen molar-refractivity contribution in [2.24, 2.45) is 0 Å². The first-order valence-corrected chi connectivity index (χ1v) is 8.75. The van der Waals surface area contributed by atoms with Crippen molar-refractivity contribution in [1.82, 2.24) is 5.32 Å². The molecule has 0 bridgehead atoms. The first-order chi connectivity index (χ1) is 13.5. The Bertz CT molecular complexity index is 879. The third-order valence-electron chi connectivity index (χ3n) is 4.01. The molecule has 0 aliphatic carbocycles. The molecule has 146 valence electrons. The maximum Gasteiger partial charge on any atom is 0.322 e. The van der Waals surface area contributed by atoms with E-state index in [4.69, 9.17) is 14.6 Å². The molecule has 0 saturated heterocycles. The van der Waals surface area contributed by atoms with Crippen LogP contribution >= 0.6 is 0 Å². The SMILES string of the molecule is O=C(O)CNC(=O)Cc1ccc(NC(=O)Cc2ccc3c(c2)OCCO3)cc1. The van der Waals surface area contributed by atoms with E-state index in [1.807, 2.05) is 6.07 Å². The summed E-state index contributed by atoms with van der Waals surface area (Å²) in [5.41, 5.74) is 2.14. The molecule has 28 heavy (non-hydrogen) atoms. The molecule has 0 atom stereocenters. The summed E-state index contributed by atoms with van der Waals surface area (Å²) in [7, 11) is 0. The van der Waals surface area contributed by atoms with Crippen molar-refractivity contribution in [2.45, 2.75) is 12.8 Å². The van der Waals surface area contributed by atoms with Crippen LogP contribution in [0.4, 0.5) is 5.69 Å². The average molecular weight is 384 g/mol. The summed E-state index contributed by atoms with van der Waals surface area (Å²) in [6.07, 6.45) is 0.259. The molecule has 1 aliphatic rings. The average Bonchev–Trinajstić information content (AvgIpc) is 2.68. The summed E-state index contributed by atoms with van der Waals surface area (Å²) in [5, 5.41) is 13.6. The third kappa shape index (κ3) is 5.47. The summed E-state index contributed by atoms with van der Waals surface area (Å²) in [6, 6.07) is 12.2. The molecule has 0 fully saturated rings. The van der Waals surface area contributed by atoms with E-state index >= 15 is 0 Å². The van der Waals surface area contributed by atoms with Crippen LogP contribution < -0.4 is 20.1 Å². The highest BCUT2D eigenvalue weighted by Crippen LogP contribution is 2.30. The van der Waals surface area contributed by atoms with Crippen LogP contribution in [0.5, 0.6) is 11.5 Å². The fourth-order valence-corrected chi connectivity index (χ4v) is 2.72. The molecule has 8 heteroatoms. The van der Waals surface area contributed by atoms with Gasteiger partial charge >= 0.3 is 5.97 Å². The molecular weight excluding hydrogens is 364 g/mol. The monoisotopic (exact) mass is 384 g/mol. The van der Waals surface area contributed by atoms with E-state index < -0.39 is 12.5 Å². The van der Waals surface area contributed by atoms with Gasteiger partial charge in [-0.1, -0.05) is 18.2 Å². The molecule has 0 unspecified atom stereocenters. The zero-order chi connectivity index (χ0) is 19.9. The zero-order valence-electron chi connectivity index (χ0n) is 15.1. The molecule has 1 heterocycles. The molecule has 0 saturated carbocycles. The number of hydrogen-bond donors (Lipinski definition) is 3. The van der Waals surface area contributed by atoms with Crippen molar-refractivity contribution in [3.8, 4) is 11.5 Å². The number of ether oxygens (including phenoxy) is 2. The smallest absolute Gasteiger partial charge is 0.322 e. The third-order valence-corrected chi connectivity index (χ3v) is 4.01. The maximum absolute atomic E-state index is 12.3. The van der Waals surface area contributed by atoms with Crippen molar-refractivity contribution in [3.63, 3.8) is 0 Å². The zero-order valence-corrected chi connectivity index (χ0v) is 15.1. The molecule has 2 aromatic rings. The number of aliphatic carboxylic acids is 1. The van der Waals surface area contributed by atoms with Crippen LogP contribution in [0.2, 0.25) is 0 Å². The molecule has 3 N–H and O–H groups in total. The molecule has 0 radical (unpaired) electrons. The topological polar surface area (TPSA) is 114 Å². The Morgan fingerprint density at radius 2 is 1.50 bits per heavy atom. The lowest BCUT2D eigenvalue weighted by Gasteiger charge is -2.18. The van der Waals surface area contributed by atoms with E-state index in [0.717, 1.165) is 5.56 Å². The van der Waals surface area contributed by atoms with Crippen LogP contribution in [0, 0.1) is 0 Å². The van der Waals surface area contributed by atoms with E-state index in [2.05, 4.69) is 10.6 Å². The van der Waals surface area contributed by atoms with Crippen LogP contribution in [-0.2, 0) is 27.2 Å². The number of benzene rings is 2. The highest BCUT2D eigenvalue weighted by Gasteiger charge is 2.13. The summed E-state index contributed by atoms with van der Waals surface area (Å²) < 4.78 is 11.0. The lowest BCUT2D eigenvalue weighted by molar-refractivity contribution is -0.137. The summed E-state index contributed by atoms with van der Waals surface area (Å²) >= 11 is 0. The van der Waals surface area contributed by atoms with Gasteiger partial charge < -0.3 is 25.2 Å². The van der Waals surface area contributed by atoms with E-state index in [1.54, 1.807) is 36.4 Å². The van der Waals surface area contributed by atoms with Crippen molar-refractivity contribution >= 4 is 23.5 Å². The number of anilines is 1. The molecule has 0 aromatic heterocycles. The standard InChI is InChI=1S/C20H20N2O6/c23-18(21-12-20(25)26)10-13-1-4-15(5-2-13)22-19(24)11-14-3-6-16-17(9-14)28-8-7-27-16/h1-6,9H,7-8,10-12H2,(H,21,23)(H,22,24)(H,25,26).